The number of benzene rings is 11. The van der Waals surface area contributed by atoms with Crippen LogP contribution in [0.2, 0.25) is 35.2 Å². The van der Waals surface area contributed by atoms with Crippen LogP contribution in [-0.2, 0) is 80.2 Å². The molecule has 4 saturated heterocycles. The Kier molecular flexibility index (Phi) is 26.5. The smallest absolute Gasteiger partial charge is 0.263 e. The van der Waals surface area contributed by atoms with Gasteiger partial charge in [0.25, 0.3) is 40.1 Å². The van der Waals surface area contributed by atoms with Crippen LogP contribution in [0.3, 0.4) is 0 Å². The number of pyridine rings is 5. The Bertz CT molecular complexity index is 8280. The highest BCUT2D eigenvalue weighted by Crippen LogP contribution is 2.42. The van der Waals surface area contributed by atoms with Crippen molar-refractivity contribution in [3.05, 3.63) is 327 Å². The van der Waals surface area contributed by atoms with E-state index in [0.29, 0.717) is 120 Å². The largest absolute Gasteiger partial charge is 0.280 e. The summed E-state index contributed by atoms with van der Waals surface area (Å²) in [5, 5.41) is 6.12. The lowest BCUT2D eigenvalue weighted by molar-refractivity contribution is 0.577. The van der Waals surface area contributed by atoms with Crippen LogP contribution in [0.15, 0.2) is 311 Å². The van der Waals surface area contributed by atoms with Gasteiger partial charge in [-0.05, 0) is 206 Å². The number of hydrogen-bond acceptors (Lipinski definition) is 21. The van der Waals surface area contributed by atoms with Crippen molar-refractivity contribution in [2.24, 2.45) is 0 Å². The summed E-state index contributed by atoms with van der Waals surface area (Å²) in [5.74, 6) is 0.252. The summed E-state index contributed by atoms with van der Waals surface area (Å²) in [6.45, 7) is 1.39. The molecule has 44 heteroatoms. The molecule has 0 bridgehead atoms. The standard InChI is InChI=1S/2C23H17Cl2N3O4S2.C23H18ClN3O4S2.C22H16Cl2N4O4S2/c24-19-8-6-16(13-18(19)22-9-5-15-3-1-2-4-21(15)26-22)27-34(31,32)23-10-7-17(14-20(23)25)28-11-12-33(28,29)30;24-20-7-5-16(13-19(20)23-18-4-2-1-3-15(18)9-10-26-23)27-34(31,32)22-8-6-17(14-21(22)25)28-11-12-33(28,29)30;24-21-11-6-17(15-20(21)23-12-5-16-3-1-2-4-22(16)25-23)26-33(30,31)19-9-7-18(8-10-19)27-13-14-32(27,28)29;23-18-4-2-15(11-17(18)21-5-1-14-13-25-8-7-20(14)26-21)27-34(31,32)22-6-3-16(12-19(22)24)28-9-10-33(28,29)30/h2*1-10,13-14,27H,11-12H2;1-12,15,26H,13-14H2;1-8,11-13,27H,9-10H2. The first-order chi connectivity index (χ1) is 64.2. The molecule has 0 saturated carbocycles. The number of nitrogens with one attached hydrogen (secondary N) is 4. The van der Waals surface area contributed by atoms with Gasteiger partial charge in [0.1, 0.15) is 14.7 Å². The molecule has 4 fully saturated rings. The number of para-hydroxylation sites is 2. The number of halogens is 7. The van der Waals surface area contributed by atoms with Crippen molar-refractivity contribution in [2.75, 3.05) is 85.3 Å². The molecule has 4 N–H and O–H groups in total. The molecule has 690 valence electrons. The minimum atomic E-state index is -4.07. The van der Waals surface area contributed by atoms with Gasteiger partial charge < -0.3 is 0 Å². The van der Waals surface area contributed by atoms with E-state index in [4.69, 9.17) is 81.2 Å². The van der Waals surface area contributed by atoms with Crippen LogP contribution in [0.4, 0.5) is 45.5 Å². The van der Waals surface area contributed by atoms with Crippen molar-refractivity contribution < 1.29 is 67.3 Å². The van der Waals surface area contributed by atoms with Gasteiger partial charge in [-0.1, -0.05) is 154 Å². The lowest BCUT2D eigenvalue weighted by atomic mass is 10.0. The summed E-state index contributed by atoms with van der Waals surface area (Å²) >= 11 is 44.3. The summed E-state index contributed by atoms with van der Waals surface area (Å²) in [6.07, 6.45) is 5.01. The van der Waals surface area contributed by atoms with Gasteiger partial charge in [0.15, 0.2) is 0 Å². The maximum atomic E-state index is 13.1. The van der Waals surface area contributed by atoms with Crippen molar-refractivity contribution in [3.63, 3.8) is 0 Å². The fourth-order valence-electron chi connectivity index (χ4n) is 14.7. The number of rotatable bonds is 20. The van der Waals surface area contributed by atoms with Gasteiger partial charge in [-0.3, -0.25) is 46.1 Å². The number of hydrogen-bond donors (Lipinski definition) is 4. The Morgan fingerprint density at radius 3 is 0.978 bits per heavy atom. The Morgan fingerprint density at radius 1 is 0.281 bits per heavy atom. The van der Waals surface area contributed by atoms with E-state index in [1.807, 2.05) is 109 Å². The van der Waals surface area contributed by atoms with Crippen molar-refractivity contribution >= 4 is 250 Å². The lowest BCUT2D eigenvalue weighted by Gasteiger charge is -2.32. The van der Waals surface area contributed by atoms with Gasteiger partial charge in [0.05, 0.1) is 125 Å². The van der Waals surface area contributed by atoms with Crippen LogP contribution in [-0.4, -0.2) is 141 Å². The first-order valence-electron chi connectivity index (χ1n) is 40.2. The Labute approximate surface area is 811 Å². The molecule has 0 amide bonds. The van der Waals surface area contributed by atoms with Crippen LogP contribution in [0, 0.1) is 0 Å². The second kappa shape index (κ2) is 37.7. The summed E-state index contributed by atoms with van der Waals surface area (Å²) in [5.41, 5.74) is 9.60. The van der Waals surface area contributed by atoms with Crippen LogP contribution < -0.4 is 36.1 Å². The average molecular weight is 2100 g/mol. The van der Waals surface area contributed by atoms with Gasteiger partial charge in [-0.2, -0.15) is 0 Å². The normalized spacial score (nSPS) is 15.2. The molecule has 16 aromatic rings. The maximum absolute atomic E-state index is 13.1. The monoisotopic (exact) mass is 2100 g/mol. The number of aromatic nitrogens is 5. The van der Waals surface area contributed by atoms with E-state index in [1.54, 1.807) is 97.5 Å². The Balaban J connectivity index is 0.000000125. The predicted molar refractivity (Wildman–Crippen MR) is 535 cm³/mol. The van der Waals surface area contributed by atoms with Crippen LogP contribution >= 0.6 is 81.2 Å². The third-order valence-corrected chi connectivity index (χ3v) is 37.1. The molecule has 0 atom stereocenters. The zero-order valence-corrected chi connectivity index (χ0v) is 81.2. The first-order valence-corrected chi connectivity index (χ1v) is 55.3. The third-order valence-electron chi connectivity index (χ3n) is 21.8. The molecule has 29 nitrogen and oxygen atoms in total. The summed E-state index contributed by atoms with van der Waals surface area (Å²) in [4.78, 5) is 21.9. The van der Waals surface area contributed by atoms with E-state index in [9.17, 15) is 67.3 Å². The number of sulfonamides is 8. The lowest BCUT2D eigenvalue weighted by Crippen LogP contribution is -2.47. The SMILES string of the molecule is O=S(=O)(Nc1ccc(Cl)c(-c2ccc3ccccc3n2)c1)c1ccc(N2CCS2(=O)=O)cc1.O=S(=O)(Nc1ccc(Cl)c(-c2ccc3ccccc3n2)c1)c1ccc(N2CCS2(=O)=O)cc1Cl.O=S(=O)(Nc1ccc(Cl)c(-c2ccc3cnccc3n2)c1)c1ccc(N2CCS2(=O)=O)cc1Cl.O=S(=O)(Nc1ccc(Cl)c(-c2nccc3ccccc23)c1)c1ccc(N2CCS2(=O)=O)cc1Cl. The third kappa shape index (κ3) is 20.4. The topological polar surface area (TPSA) is 399 Å². The van der Waals surface area contributed by atoms with Crippen LogP contribution in [0.5, 0.6) is 0 Å². The molecule has 0 unspecified atom stereocenters. The molecule has 4 aliphatic heterocycles. The van der Waals surface area contributed by atoms with Gasteiger partial charge >= 0.3 is 0 Å². The highest BCUT2D eigenvalue weighted by Gasteiger charge is 2.38. The number of nitrogens with zero attached hydrogens (tertiary/aromatic N) is 9. The fraction of sp³-hybridized carbons (Fsp3) is 0.0879. The summed E-state index contributed by atoms with van der Waals surface area (Å²) in [7, 11) is -29.4. The second-order valence-electron chi connectivity index (χ2n) is 30.5. The average Bonchev–Trinajstić information content (AvgIpc) is 0.768. The molecule has 0 radical (unpaired) electrons. The summed E-state index contributed by atoms with van der Waals surface area (Å²) < 4.78 is 214. The zero-order valence-electron chi connectivity index (χ0n) is 69.3. The van der Waals surface area contributed by atoms with Gasteiger partial charge in [-0.15, -0.1) is 0 Å². The van der Waals surface area contributed by atoms with E-state index in [2.05, 4.69) is 43.8 Å². The van der Waals surface area contributed by atoms with Crippen molar-refractivity contribution in [2.45, 2.75) is 19.6 Å². The first kappa shape index (κ1) is 95.0. The molecule has 4 aliphatic rings. The van der Waals surface area contributed by atoms with Gasteiger partial charge in [0.2, 0.25) is 40.1 Å². The van der Waals surface area contributed by atoms with Crippen molar-refractivity contribution in [1.29, 1.82) is 0 Å². The van der Waals surface area contributed by atoms with Crippen LogP contribution in [0.25, 0.3) is 88.5 Å². The van der Waals surface area contributed by atoms with E-state index >= 15 is 0 Å². The van der Waals surface area contributed by atoms with Gasteiger partial charge in [-0.25, -0.2) is 82.3 Å². The number of anilines is 8. The molecule has 0 aliphatic carbocycles. The van der Waals surface area contributed by atoms with E-state index < -0.39 is 80.2 Å². The molecule has 135 heavy (non-hydrogen) atoms. The zero-order chi connectivity index (χ0) is 95.5. The Hall–Kier alpha value is -11.8. The Morgan fingerprint density at radius 2 is 0.607 bits per heavy atom. The minimum Gasteiger partial charge on any atom is -0.280 e. The molecule has 0 spiro atoms. The van der Waals surface area contributed by atoms with Gasteiger partial charge in [0, 0.05) is 111 Å². The minimum absolute atomic E-state index is 0.0181. The maximum Gasteiger partial charge on any atom is 0.263 e. The van der Waals surface area contributed by atoms with Crippen molar-refractivity contribution in [1.82, 2.24) is 24.9 Å². The molecular weight excluding hydrogens is 2040 g/mol. The van der Waals surface area contributed by atoms with E-state index in [-0.39, 0.29) is 74.7 Å². The quantitative estimate of drug-likeness (QED) is 0.0550. The van der Waals surface area contributed by atoms with Crippen molar-refractivity contribution in [3.8, 4) is 45.0 Å². The number of fused-ring (bicyclic) bond motifs is 4. The predicted octanol–water partition coefficient (Wildman–Crippen LogP) is 19.4. The molecule has 9 heterocycles. The molecule has 5 aromatic heterocycles. The highest BCUT2D eigenvalue weighted by molar-refractivity contribution is 7.96. The molecule has 20 rings (SSSR count). The van der Waals surface area contributed by atoms with E-state index in [1.165, 1.54) is 102 Å². The molecule has 11 aromatic carbocycles. The fourth-order valence-corrected chi connectivity index (χ4v) is 25.8. The van der Waals surface area contributed by atoms with Crippen LogP contribution in [0.1, 0.15) is 0 Å². The van der Waals surface area contributed by atoms with E-state index in [0.717, 1.165) is 43.5 Å². The highest BCUT2D eigenvalue weighted by atomic mass is 35.5. The summed E-state index contributed by atoms with van der Waals surface area (Å²) in [6, 6.07) is 74.7. The molecular formula is C91H68Cl7N13O16S8. The second-order valence-corrected chi connectivity index (χ2v) is 48.1.